The molecule has 114 valence electrons. The van der Waals surface area contributed by atoms with Gasteiger partial charge >= 0.3 is 5.71 Å². The molecule has 0 bridgehead atoms. The molecule has 0 aromatic heterocycles. The number of aliphatic hydroxyl groups is 2. The Bertz CT molecular complexity index is 533. The molecule has 0 fully saturated rings. The fraction of sp³-hybridized carbons (Fsp3) is 0.467. The van der Waals surface area contributed by atoms with Gasteiger partial charge in [0, 0.05) is 6.42 Å². The Morgan fingerprint density at radius 2 is 1.86 bits per heavy atom. The Balaban J connectivity index is 2.79. The monoisotopic (exact) mass is 292 g/mol. The van der Waals surface area contributed by atoms with Gasteiger partial charge in [-0.25, -0.2) is 0 Å². The number of Topliss-reactive ketones (excluding diaryl/α,β-unsaturated/α-hetero) is 1. The van der Waals surface area contributed by atoms with Crippen LogP contribution in [0.25, 0.3) is 5.53 Å². The summed E-state index contributed by atoms with van der Waals surface area (Å²) in [5.41, 5.74) is 9.08. The van der Waals surface area contributed by atoms with E-state index in [0.717, 1.165) is 0 Å². The number of ether oxygens (including phenoxy) is 1. The maximum atomic E-state index is 12.0. The summed E-state index contributed by atoms with van der Waals surface area (Å²) in [6.07, 6.45) is -2.47. The first kappa shape index (κ1) is 17.0. The standard InChI is InChI=1S/C15H20N2O4/c1-9(2)15(20)14(17-16)13(19)8-12(18)10-4-6-11(21-3)7-5-10/h4-7,9,12,15,18,20H,8H2,1-3H3. The zero-order chi connectivity index (χ0) is 16.0. The van der Waals surface area contributed by atoms with Gasteiger partial charge < -0.3 is 20.5 Å². The fourth-order valence-corrected chi connectivity index (χ4v) is 1.82. The second-order valence-electron chi connectivity index (χ2n) is 5.09. The SMILES string of the molecule is COc1ccc(C(O)CC(=O)C(=[N+]=[N-])C(O)C(C)C)cc1. The van der Waals surface area contributed by atoms with Crippen molar-refractivity contribution in [3.05, 3.63) is 35.4 Å². The lowest BCUT2D eigenvalue weighted by Gasteiger charge is -2.12. The third-order valence-electron chi connectivity index (χ3n) is 3.18. The fourth-order valence-electron chi connectivity index (χ4n) is 1.82. The van der Waals surface area contributed by atoms with Gasteiger partial charge in [-0.3, -0.25) is 4.79 Å². The largest absolute Gasteiger partial charge is 0.497 e. The molecule has 0 heterocycles. The van der Waals surface area contributed by atoms with Gasteiger partial charge in [-0.05, 0) is 23.6 Å². The number of hydrogen-bond donors (Lipinski definition) is 2. The van der Waals surface area contributed by atoms with Crippen LogP contribution in [-0.2, 0) is 4.79 Å². The Kier molecular flexibility index (Phi) is 6.24. The van der Waals surface area contributed by atoms with Crippen molar-refractivity contribution >= 4 is 11.5 Å². The molecular formula is C15H20N2O4. The molecule has 6 nitrogen and oxygen atoms in total. The molecule has 0 aliphatic heterocycles. The summed E-state index contributed by atoms with van der Waals surface area (Å²) < 4.78 is 5.01. The lowest BCUT2D eigenvalue weighted by Crippen LogP contribution is -2.34. The first-order valence-corrected chi connectivity index (χ1v) is 6.66. The molecule has 1 aromatic carbocycles. The van der Waals surface area contributed by atoms with Gasteiger partial charge in [0.15, 0.2) is 6.10 Å². The molecule has 1 aromatic rings. The normalized spacial score (nSPS) is 13.4. The topological polar surface area (TPSA) is 103 Å². The Hall–Kier alpha value is -2.01. The number of hydrogen-bond acceptors (Lipinski definition) is 4. The second kappa shape index (κ2) is 7.69. The molecule has 0 radical (unpaired) electrons. The maximum Gasteiger partial charge on any atom is 0.362 e. The van der Waals surface area contributed by atoms with Crippen molar-refractivity contribution < 1.29 is 24.5 Å². The van der Waals surface area contributed by atoms with Crippen LogP contribution in [0.2, 0.25) is 0 Å². The highest BCUT2D eigenvalue weighted by molar-refractivity contribution is 6.39. The number of carbonyl (C=O) groups is 1. The summed E-state index contributed by atoms with van der Waals surface area (Å²) in [4.78, 5) is 14.9. The molecule has 6 heteroatoms. The van der Waals surface area contributed by atoms with Crippen LogP contribution in [0.1, 0.15) is 31.9 Å². The number of rotatable bonds is 7. The minimum absolute atomic E-state index is 0.266. The highest BCUT2D eigenvalue weighted by Gasteiger charge is 2.32. The molecule has 0 aliphatic carbocycles. The van der Waals surface area contributed by atoms with Crippen LogP contribution in [0.15, 0.2) is 24.3 Å². The van der Waals surface area contributed by atoms with Gasteiger partial charge in [0.05, 0.1) is 13.2 Å². The summed E-state index contributed by atoms with van der Waals surface area (Å²) in [6.45, 7) is 3.39. The van der Waals surface area contributed by atoms with Gasteiger partial charge in [-0.15, -0.1) is 0 Å². The first-order chi connectivity index (χ1) is 9.90. The first-order valence-electron chi connectivity index (χ1n) is 6.66. The number of nitrogens with zero attached hydrogens (tertiary/aromatic N) is 2. The molecule has 0 aliphatic rings. The smallest absolute Gasteiger partial charge is 0.362 e. The van der Waals surface area contributed by atoms with Crippen molar-refractivity contribution in [1.82, 2.24) is 0 Å². The van der Waals surface area contributed by atoms with Gasteiger partial charge in [0.1, 0.15) is 5.75 Å². The summed E-state index contributed by atoms with van der Waals surface area (Å²) in [6, 6.07) is 6.64. The van der Waals surface area contributed by atoms with Crippen LogP contribution in [0.4, 0.5) is 0 Å². The highest BCUT2D eigenvalue weighted by Crippen LogP contribution is 2.21. The van der Waals surface area contributed by atoms with Crippen molar-refractivity contribution in [3.63, 3.8) is 0 Å². The molecule has 0 saturated heterocycles. The Morgan fingerprint density at radius 1 is 1.29 bits per heavy atom. The van der Waals surface area contributed by atoms with E-state index in [1.54, 1.807) is 38.1 Å². The van der Waals surface area contributed by atoms with Gasteiger partial charge in [0.2, 0.25) is 5.78 Å². The van der Waals surface area contributed by atoms with Crippen LogP contribution in [0.5, 0.6) is 5.75 Å². The number of carbonyl (C=O) groups excluding carboxylic acids is 1. The quantitative estimate of drug-likeness (QED) is 0.450. The van der Waals surface area contributed by atoms with E-state index >= 15 is 0 Å². The van der Waals surface area contributed by atoms with Crippen molar-refractivity contribution in [2.45, 2.75) is 32.5 Å². The summed E-state index contributed by atoms with van der Waals surface area (Å²) >= 11 is 0. The van der Waals surface area contributed by atoms with Gasteiger partial charge in [-0.1, -0.05) is 26.0 Å². The van der Waals surface area contributed by atoms with E-state index in [1.807, 2.05) is 0 Å². The molecule has 0 spiro atoms. The number of ketones is 1. The second-order valence-corrected chi connectivity index (χ2v) is 5.09. The van der Waals surface area contributed by atoms with E-state index in [2.05, 4.69) is 4.79 Å². The van der Waals surface area contributed by atoms with Crippen LogP contribution in [0, 0.1) is 5.92 Å². The van der Waals surface area contributed by atoms with E-state index in [9.17, 15) is 15.0 Å². The van der Waals surface area contributed by atoms with E-state index < -0.39 is 18.0 Å². The van der Waals surface area contributed by atoms with Crippen molar-refractivity contribution in [2.24, 2.45) is 5.92 Å². The van der Waals surface area contributed by atoms with Crippen molar-refractivity contribution in [2.75, 3.05) is 7.11 Å². The van der Waals surface area contributed by atoms with Gasteiger partial charge in [0.25, 0.3) is 0 Å². The highest BCUT2D eigenvalue weighted by atomic mass is 16.5. The van der Waals surface area contributed by atoms with E-state index in [4.69, 9.17) is 10.3 Å². The van der Waals surface area contributed by atoms with Gasteiger partial charge in [-0.2, -0.15) is 4.79 Å². The summed E-state index contributed by atoms with van der Waals surface area (Å²) in [7, 11) is 1.53. The van der Waals surface area contributed by atoms with E-state index in [0.29, 0.717) is 11.3 Å². The minimum Gasteiger partial charge on any atom is -0.497 e. The zero-order valence-corrected chi connectivity index (χ0v) is 12.4. The molecule has 2 unspecified atom stereocenters. The van der Waals surface area contributed by atoms with E-state index in [-0.39, 0.29) is 18.1 Å². The van der Waals surface area contributed by atoms with E-state index in [1.165, 1.54) is 7.11 Å². The third kappa shape index (κ3) is 4.49. The molecule has 0 amide bonds. The van der Waals surface area contributed by atoms with Crippen LogP contribution < -0.4 is 4.74 Å². The number of benzene rings is 1. The molecular weight excluding hydrogens is 272 g/mol. The minimum atomic E-state index is -1.16. The molecule has 0 saturated carbocycles. The van der Waals surface area contributed by atoms with Crippen LogP contribution >= 0.6 is 0 Å². The summed E-state index contributed by atoms with van der Waals surface area (Å²) in [5, 5.41) is 19.8. The van der Waals surface area contributed by atoms with Crippen LogP contribution in [-0.4, -0.2) is 39.7 Å². The van der Waals surface area contributed by atoms with Crippen molar-refractivity contribution in [3.8, 4) is 5.75 Å². The number of methoxy groups -OCH3 is 1. The number of aliphatic hydroxyl groups excluding tert-OH is 2. The van der Waals surface area contributed by atoms with Crippen molar-refractivity contribution in [1.29, 1.82) is 0 Å². The average Bonchev–Trinajstić information content (AvgIpc) is 2.47. The lowest BCUT2D eigenvalue weighted by atomic mass is 9.95. The Morgan fingerprint density at radius 3 is 2.29 bits per heavy atom. The molecule has 2 N–H and O–H groups in total. The van der Waals surface area contributed by atoms with Crippen LogP contribution in [0.3, 0.4) is 0 Å². The lowest BCUT2D eigenvalue weighted by molar-refractivity contribution is -0.121. The summed E-state index contributed by atoms with van der Waals surface area (Å²) in [5.74, 6) is -0.217. The predicted octanol–water partition coefficient (Wildman–Crippen LogP) is 1.38. The molecule has 21 heavy (non-hydrogen) atoms. The average molecular weight is 292 g/mol. The zero-order valence-electron chi connectivity index (χ0n) is 12.4. The third-order valence-corrected chi connectivity index (χ3v) is 3.18. The molecule has 2 atom stereocenters. The maximum absolute atomic E-state index is 12.0. The molecule has 1 rings (SSSR count). The Labute approximate surface area is 123 Å². The predicted molar refractivity (Wildman–Crippen MR) is 77.0 cm³/mol.